The topological polar surface area (TPSA) is 97.6 Å². The Morgan fingerprint density at radius 1 is 1.07 bits per heavy atom. The van der Waals surface area contributed by atoms with E-state index in [1.165, 1.54) is 6.26 Å². The Labute approximate surface area is 177 Å². The Bertz CT molecular complexity index is 849. The number of hydrogen-bond donors (Lipinski definition) is 2. The number of ether oxygens (including phenoxy) is 1. The fourth-order valence-corrected chi connectivity index (χ4v) is 2.72. The number of carbonyl (C=O) groups excluding carboxylic acids is 3. The van der Waals surface area contributed by atoms with E-state index in [0.717, 1.165) is 5.56 Å². The van der Waals surface area contributed by atoms with Crippen LogP contribution in [0.4, 0.5) is 0 Å². The minimum Gasteiger partial charge on any atom is -0.467 e. The standard InChI is InChI=1S/C23H30N2O5/c1-15(2)20(22(28)30-14-19(26)24-13-18-7-6-12-29-18)25-21(27)16-8-10-17(11-9-16)23(3,4)5/h6-12,15,20H,13-14H2,1-5H3,(H,24,26)(H,25,27)/t20-/m0/s1. The molecule has 0 aliphatic rings. The molecule has 7 heteroatoms. The molecule has 0 saturated carbocycles. The zero-order valence-corrected chi connectivity index (χ0v) is 18.2. The molecule has 0 bridgehead atoms. The monoisotopic (exact) mass is 414 g/mol. The van der Waals surface area contributed by atoms with E-state index in [2.05, 4.69) is 31.4 Å². The lowest BCUT2D eigenvalue weighted by Gasteiger charge is -2.22. The predicted molar refractivity (Wildman–Crippen MR) is 113 cm³/mol. The molecule has 0 unspecified atom stereocenters. The molecule has 0 aliphatic carbocycles. The molecule has 2 amide bonds. The molecular weight excluding hydrogens is 384 g/mol. The predicted octanol–water partition coefficient (Wildman–Crippen LogP) is 3.19. The van der Waals surface area contributed by atoms with Crippen molar-refractivity contribution in [3.8, 4) is 0 Å². The van der Waals surface area contributed by atoms with Crippen LogP contribution < -0.4 is 10.6 Å². The molecule has 0 radical (unpaired) electrons. The first-order chi connectivity index (χ1) is 14.1. The Kier molecular flexibility index (Phi) is 7.80. The van der Waals surface area contributed by atoms with E-state index in [9.17, 15) is 14.4 Å². The number of esters is 1. The highest BCUT2D eigenvalue weighted by Crippen LogP contribution is 2.22. The Balaban J connectivity index is 1.90. The third kappa shape index (κ3) is 6.76. The van der Waals surface area contributed by atoms with Crippen LogP contribution in [0.1, 0.15) is 56.3 Å². The summed E-state index contributed by atoms with van der Waals surface area (Å²) in [5.74, 6) is -1.08. The van der Waals surface area contributed by atoms with Gasteiger partial charge in [0.25, 0.3) is 11.8 Å². The average molecular weight is 415 g/mol. The Hall–Kier alpha value is -3.09. The summed E-state index contributed by atoms with van der Waals surface area (Å²) >= 11 is 0. The second-order valence-electron chi connectivity index (χ2n) is 8.49. The van der Waals surface area contributed by atoms with Gasteiger partial charge >= 0.3 is 5.97 Å². The van der Waals surface area contributed by atoms with Crippen molar-refractivity contribution in [2.45, 2.75) is 52.6 Å². The molecule has 30 heavy (non-hydrogen) atoms. The molecule has 0 aliphatic heterocycles. The van der Waals surface area contributed by atoms with Gasteiger partial charge in [0.15, 0.2) is 6.61 Å². The molecule has 162 valence electrons. The lowest BCUT2D eigenvalue weighted by molar-refractivity contribution is -0.151. The van der Waals surface area contributed by atoms with E-state index < -0.39 is 24.5 Å². The van der Waals surface area contributed by atoms with E-state index in [1.54, 1.807) is 38.1 Å². The van der Waals surface area contributed by atoms with Crippen molar-refractivity contribution < 1.29 is 23.5 Å². The zero-order valence-electron chi connectivity index (χ0n) is 18.2. The van der Waals surface area contributed by atoms with Crippen molar-refractivity contribution in [2.75, 3.05) is 6.61 Å². The first-order valence-corrected chi connectivity index (χ1v) is 9.95. The number of amides is 2. The highest BCUT2D eigenvalue weighted by atomic mass is 16.5. The van der Waals surface area contributed by atoms with Gasteiger partial charge in [-0.05, 0) is 41.2 Å². The minimum absolute atomic E-state index is 0.0171. The van der Waals surface area contributed by atoms with Crippen molar-refractivity contribution in [3.05, 3.63) is 59.5 Å². The maximum atomic E-state index is 12.6. The van der Waals surface area contributed by atoms with Crippen LogP contribution in [0, 0.1) is 5.92 Å². The van der Waals surface area contributed by atoms with Crippen LogP contribution >= 0.6 is 0 Å². The molecule has 1 heterocycles. The lowest BCUT2D eigenvalue weighted by Crippen LogP contribution is -2.46. The van der Waals surface area contributed by atoms with E-state index in [0.29, 0.717) is 11.3 Å². The molecule has 2 aromatic rings. The maximum Gasteiger partial charge on any atom is 0.329 e. The molecular formula is C23H30N2O5. The van der Waals surface area contributed by atoms with Crippen molar-refractivity contribution in [3.63, 3.8) is 0 Å². The smallest absolute Gasteiger partial charge is 0.329 e. The van der Waals surface area contributed by atoms with Gasteiger partial charge in [-0.15, -0.1) is 0 Å². The molecule has 1 atom stereocenters. The SMILES string of the molecule is CC(C)[C@H](NC(=O)c1ccc(C(C)(C)C)cc1)C(=O)OCC(=O)NCc1ccco1. The number of nitrogens with one attached hydrogen (secondary N) is 2. The van der Waals surface area contributed by atoms with Gasteiger partial charge in [-0.2, -0.15) is 0 Å². The van der Waals surface area contributed by atoms with E-state index in [-0.39, 0.29) is 23.8 Å². The quantitative estimate of drug-likeness (QED) is 0.647. The number of benzene rings is 1. The van der Waals surface area contributed by atoms with Gasteiger partial charge in [-0.3, -0.25) is 9.59 Å². The van der Waals surface area contributed by atoms with Crippen molar-refractivity contribution in [1.82, 2.24) is 10.6 Å². The van der Waals surface area contributed by atoms with E-state index in [4.69, 9.17) is 9.15 Å². The number of rotatable bonds is 8. The summed E-state index contributed by atoms with van der Waals surface area (Å²) in [5.41, 5.74) is 1.55. The van der Waals surface area contributed by atoms with Crippen LogP contribution in [0.5, 0.6) is 0 Å². The van der Waals surface area contributed by atoms with Crippen LogP contribution in [0.15, 0.2) is 47.1 Å². The van der Waals surface area contributed by atoms with Gasteiger partial charge in [-0.1, -0.05) is 46.8 Å². The molecule has 0 spiro atoms. The van der Waals surface area contributed by atoms with E-state index >= 15 is 0 Å². The fourth-order valence-electron chi connectivity index (χ4n) is 2.72. The van der Waals surface area contributed by atoms with Crippen LogP contribution in [0.2, 0.25) is 0 Å². The van der Waals surface area contributed by atoms with Gasteiger partial charge in [-0.25, -0.2) is 4.79 Å². The Morgan fingerprint density at radius 2 is 1.73 bits per heavy atom. The summed E-state index contributed by atoms with van der Waals surface area (Å²) < 4.78 is 10.2. The molecule has 2 N–H and O–H groups in total. The van der Waals surface area contributed by atoms with Crippen molar-refractivity contribution in [2.24, 2.45) is 5.92 Å². The van der Waals surface area contributed by atoms with Crippen LogP contribution in [0.3, 0.4) is 0 Å². The van der Waals surface area contributed by atoms with Gasteiger partial charge in [0.05, 0.1) is 12.8 Å². The van der Waals surface area contributed by atoms with Crippen molar-refractivity contribution >= 4 is 17.8 Å². The van der Waals surface area contributed by atoms with Crippen LogP contribution in [0.25, 0.3) is 0 Å². The normalized spacial score (nSPS) is 12.3. The second-order valence-corrected chi connectivity index (χ2v) is 8.49. The van der Waals surface area contributed by atoms with Gasteiger partial charge in [0.2, 0.25) is 0 Å². The lowest BCUT2D eigenvalue weighted by atomic mass is 9.86. The third-order valence-electron chi connectivity index (χ3n) is 4.61. The summed E-state index contributed by atoms with van der Waals surface area (Å²) in [4.78, 5) is 36.9. The molecule has 2 rings (SSSR count). The summed E-state index contributed by atoms with van der Waals surface area (Å²) in [6, 6.07) is 9.86. The van der Waals surface area contributed by atoms with Gasteiger partial charge in [0, 0.05) is 5.56 Å². The summed E-state index contributed by atoms with van der Waals surface area (Å²) in [6.07, 6.45) is 1.51. The molecule has 7 nitrogen and oxygen atoms in total. The van der Waals surface area contributed by atoms with Gasteiger partial charge < -0.3 is 19.8 Å². The van der Waals surface area contributed by atoms with E-state index in [1.807, 2.05) is 12.1 Å². The average Bonchev–Trinajstić information content (AvgIpc) is 3.21. The summed E-state index contributed by atoms with van der Waals surface area (Å²) in [5, 5.41) is 5.30. The number of carbonyl (C=O) groups is 3. The first-order valence-electron chi connectivity index (χ1n) is 9.95. The summed E-state index contributed by atoms with van der Waals surface area (Å²) in [7, 11) is 0. The minimum atomic E-state index is -0.863. The highest BCUT2D eigenvalue weighted by molar-refractivity contribution is 5.97. The highest BCUT2D eigenvalue weighted by Gasteiger charge is 2.27. The summed E-state index contributed by atoms with van der Waals surface area (Å²) in [6.45, 7) is 9.65. The molecule has 0 fully saturated rings. The first kappa shape index (κ1) is 23.2. The number of furan rings is 1. The van der Waals surface area contributed by atoms with Crippen LogP contribution in [-0.2, 0) is 26.3 Å². The fraction of sp³-hybridized carbons (Fsp3) is 0.435. The van der Waals surface area contributed by atoms with Gasteiger partial charge in [0.1, 0.15) is 11.8 Å². The number of hydrogen-bond acceptors (Lipinski definition) is 5. The van der Waals surface area contributed by atoms with Crippen LogP contribution in [-0.4, -0.2) is 30.4 Å². The second kappa shape index (κ2) is 10.1. The Morgan fingerprint density at radius 3 is 2.27 bits per heavy atom. The van der Waals surface area contributed by atoms with Crippen molar-refractivity contribution in [1.29, 1.82) is 0 Å². The molecule has 0 saturated heterocycles. The third-order valence-corrected chi connectivity index (χ3v) is 4.61. The maximum absolute atomic E-state index is 12.6. The molecule has 1 aromatic carbocycles. The zero-order chi connectivity index (χ0) is 22.3. The molecule has 1 aromatic heterocycles. The largest absolute Gasteiger partial charge is 0.467 e.